The van der Waals surface area contributed by atoms with Crippen molar-refractivity contribution in [3.05, 3.63) is 34.9 Å². The lowest BCUT2D eigenvalue weighted by molar-refractivity contribution is 0.0347. The molecule has 7 heteroatoms. The zero-order chi connectivity index (χ0) is 20.5. The molecule has 0 aliphatic carbocycles. The van der Waals surface area contributed by atoms with Crippen LogP contribution in [-0.2, 0) is 19.6 Å². The van der Waals surface area contributed by atoms with Crippen molar-refractivity contribution in [2.75, 3.05) is 46.1 Å². The Morgan fingerprint density at radius 1 is 1.28 bits per heavy atom. The Kier molecular flexibility index (Phi) is 8.60. The van der Waals surface area contributed by atoms with E-state index < -0.39 is 0 Å². The Labute approximate surface area is 179 Å². The van der Waals surface area contributed by atoms with Crippen LogP contribution in [0.5, 0.6) is 0 Å². The lowest BCUT2D eigenvalue weighted by Gasteiger charge is -2.37. The summed E-state index contributed by atoms with van der Waals surface area (Å²) in [7, 11) is 0. The summed E-state index contributed by atoms with van der Waals surface area (Å²) in [5.41, 5.74) is 1.07. The van der Waals surface area contributed by atoms with Crippen molar-refractivity contribution >= 4 is 17.6 Å². The monoisotopic (exact) mass is 423 g/mol. The zero-order valence-electron chi connectivity index (χ0n) is 17.6. The van der Waals surface area contributed by atoms with Crippen molar-refractivity contribution in [3.8, 4) is 0 Å². The Bertz CT molecular complexity index is 658. The predicted octanol–water partition coefficient (Wildman–Crippen LogP) is 3.14. The first-order chi connectivity index (χ1) is 14.1. The van der Waals surface area contributed by atoms with Gasteiger partial charge in [-0.3, -0.25) is 4.99 Å². The van der Waals surface area contributed by atoms with Crippen molar-refractivity contribution in [2.24, 2.45) is 4.99 Å². The summed E-state index contributed by atoms with van der Waals surface area (Å²) < 4.78 is 17.0. The van der Waals surface area contributed by atoms with E-state index in [9.17, 15) is 0 Å². The minimum atomic E-state index is -0.0974. The highest BCUT2D eigenvalue weighted by Crippen LogP contribution is 2.38. The summed E-state index contributed by atoms with van der Waals surface area (Å²) in [5.74, 6) is 0.809. The fraction of sp³-hybridized carbons (Fsp3) is 0.682. The fourth-order valence-corrected chi connectivity index (χ4v) is 4.25. The van der Waals surface area contributed by atoms with Crippen molar-refractivity contribution < 1.29 is 14.2 Å². The minimum absolute atomic E-state index is 0.0974. The van der Waals surface area contributed by atoms with Gasteiger partial charge in [0.05, 0.1) is 25.9 Å². The molecule has 0 amide bonds. The molecule has 0 saturated carbocycles. The molecule has 2 unspecified atom stereocenters. The third-order valence-corrected chi connectivity index (χ3v) is 5.96. The molecule has 1 aromatic carbocycles. The second-order valence-electron chi connectivity index (χ2n) is 7.93. The standard InChI is InChI=1S/C22H34ClN3O3/c1-3-24-21(26-17(2)14-29-18-8-11-28-15-18)25-16-22(9-12-27-13-10-22)19-6-4-5-7-20(19)23/h4-7,17-18H,3,8-16H2,1-2H3,(H2,24,25,26). The SMILES string of the molecule is CCNC(=NCC1(c2ccccc2Cl)CCOCC1)NC(C)COC1CCOC1. The lowest BCUT2D eigenvalue weighted by atomic mass is 9.74. The highest BCUT2D eigenvalue weighted by Gasteiger charge is 2.36. The number of hydrogen-bond acceptors (Lipinski definition) is 4. The number of benzene rings is 1. The van der Waals surface area contributed by atoms with Crippen LogP contribution in [0.25, 0.3) is 0 Å². The summed E-state index contributed by atoms with van der Waals surface area (Å²) in [6, 6.07) is 8.28. The Morgan fingerprint density at radius 3 is 2.76 bits per heavy atom. The molecule has 2 fully saturated rings. The van der Waals surface area contributed by atoms with Crippen LogP contribution >= 0.6 is 11.6 Å². The second kappa shape index (κ2) is 11.2. The number of aliphatic imine (C=N–C) groups is 1. The number of rotatable bonds is 8. The van der Waals surface area contributed by atoms with Gasteiger partial charge in [0.25, 0.3) is 0 Å². The highest BCUT2D eigenvalue weighted by atomic mass is 35.5. The van der Waals surface area contributed by atoms with E-state index in [1.54, 1.807) is 0 Å². The molecule has 1 aromatic rings. The minimum Gasteiger partial charge on any atom is -0.381 e. The van der Waals surface area contributed by atoms with Gasteiger partial charge in [0.15, 0.2) is 5.96 Å². The van der Waals surface area contributed by atoms with Gasteiger partial charge in [0.2, 0.25) is 0 Å². The molecule has 2 saturated heterocycles. The van der Waals surface area contributed by atoms with E-state index in [1.807, 2.05) is 12.1 Å². The van der Waals surface area contributed by atoms with Gasteiger partial charge < -0.3 is 24.8 Å². The van der Waals surface area contributed by atoms with E-state index >= 15 is 0 Å². The molecule has 0 bridgehead atoms. The number of nitrogens with one attached hydrogen (secondary N) is 2. The third kappa shape index (κ3) is 6.32. The first kappa shape index (κ1) is 22.3. The van der Waals surface area contributed by atoms with E-state index in [1.165, 1.54) is 5.56 Å². The number of guanidine groups is 1. The van der Waals surface area contributed by atoms with E-state index in [-0.39, 0.29) is 17.6 Å². The molecule has 0 radical (unpaired) electrons. The van der Waals surface area contributed by atoms with Crippen LogP contribution in [0.3, 0.4) is 0 Å². The topological polar surface area (TPSA) is 64.1 Å². The van der Waals surface area contributed by atoms with Crippen molar-refractivity contribution in [1.29, 1.82) is 0 Å². The Morgan fingerprint density at radius 2 is 2.07 bits per heavy atom. The van der Waals surface area contributed by atoms with E-state index in [0.29, 0.717) is 19.8 Å². The molecule has 2 aliphatic heterocycles. The number of nitrogens with zero attached hydrogens (tertiary/aromatic N) is 1. The van der Waals surface area contributed by atoms with Crippen molar-refractivity contribution in [1.82, 2.24) is 10.6 Å². The first-order valence-corrected chi connectivity index (χ1v) is 11.1. The summed E-state index contributed by atoms with van der Waals surface area (Å²) in [4.78, 5) is 4.95. The normalized spacial score (nSPS) is 23.0. The van der Waals surface area contributed by atoms with Gasteiger partial charge in [0.1, 0.15) is 0 Å². The fourth-order valence-electron chi connectivity index (χ4n) is 3.92. The molecular formula is C22H34ClN3O3. The lowest BCUT2D eigenvalue weighted by Crippen LogP contribution is -2.46. The van der Waals surface area contributed by atoms with Crippen LogP contribution in [0.15, 0.2) is 29.3 Å². The van der Waals surface area contributed by atoms with E-state index in [2.05, 4.69) is 36.6 Å². The summed E-state index contributed by atoms with van der Waals surface area (Å²) in [5, 5.41) is 7.64. The molecule has 6 nitrogen and oxygen atoms in total. The van der Waals surface area contributed by atoms with E-state index in [4.69, 9.17) is 30.8 Å². The second-order valence-corrected chi connectivity index (χ2v) is 8.34. The molecule has 29 heavy (non-hydrogen) atoms. The number of hydrogen-bond donors (Lipinski definition) is 2. The van der Waals surface area contributed by atoms with Crippen LogP contribution < -0.4 is 10.6 Å². The molecule has 2 atom stereocenters. The van der Waals surface area contributed by atoms with Gasteiger partial charge in [-0.05, 0) is 44.7 Å². The first-order valence-electron chi connectivity index (χ1n) is 10.7. The van der Waals surface area contributed by atoms with Crippen LogP contribution in [0.4, 0.5) is 0 Å². The Hall–Kier alpha value is -1.34. The van der Waals surface area contributed by atoms with Crippen molar-refractivity contribution in [3.63, 3.8) is 0 Å². The van der Waals surface area contributed by atoms with Crippen LogP contribution in [0, 0.1) is 0 Å². The number of ether oxygens (including phenoxy) is 3. The molecular weight excluding hydrogens is 390 g/mol. The number of halogens is 1. The van der Waals surface area contributed by atoms with Gasteiger partial charge in [-0.1, -0.05) is 29.8 Å². The molecule has 2 N–H and O–H groups in total. The van der Waals surface area contributed by atoms with Gasteiger partial charge in [-0.2, -0.15) is 0 Å². The zero-order valence-corrected chi connectivity index (χ0v) is 18.3. The van der Waals surface area contributed by atoms with Gasteiger partial charge in [-0.15, -0.1) is 0 Å². The summed E-state index contributed by atoms with van der Waals surface area (Å²) in [6.45, 7) is 9.25. The predicted molar refractivity (Wildman–Crippen MR) is 117 cm³/mol. The maximum atomic E-state index is 6.56. The smallest absolute Gasteiger partial charge is 0.191 e. The molecule has 0 spiro atoms. The highest BCUT2D eigenvalue weighted by molar-refractivity contribution is 6.31. The maximum absolute atomic E-state index is 6.56. The quantitative estimate of drug-likeness (QED) is 0.496. The molecule has 0 aromatic heterocycles. The maximum Gasteiger partial charge on any atom is 0.191 e. The summed E-state index contributed by atoms with van der Waals surface area (Å²) >= 11 is 6.56. The van der Waals surface area contributed by atoms with Gasteiger partial charge >= 0.3 is 0 Å². The third-order valence-electron chi connectivity index (χ3n) is 5.63. The average molecular weight is 424 g/mol. The summed E-state index contributed by atoms with van der Waals surface area (Å²) in [6.07, 6.45) is 3.02. The average Bonchev–Trinajstić information content (AvgIpc) is 3.25. The van der Waals surface area contributed by atoms with Gasteiger partial charge in [-0.25, -0.2) is 0 Å². The Balaban J connectivity index is 1.66. The molecule has 3 rings (SSSR count). The van der Waals surface area contributed by atoms with Crippen LogP contribution in [0.2, 0.25) is 5.02 Å². The van der Waals surface area contributed by atoms with Gasteiger partial charge in [0, 0.05) is 42.8 Å². The molecule has 2 aliphatic rings. The molecule has 162 valence electrons. The van der Waals surface area contributed by atoms with Crippen molar-refractivity contribution in [2.45, 2.75) is 50.7 Å². The largest absolute Gasteiger partial charge is 0.381 e. The van der Waals surface area contributed by atoms with Crippen LogP contribution in [-0.4, -0.2) is 64.2 Å². The molecule has 2 heterocycles. The van der Waals surface area contributed by atoms with E-state index in [0.717, 1.165) is 56.6 Å². The van der Waals surface area contributed by atoms with Crippen LogP contribution in [0.1, 0.15) is 38.7 Å².